The molecule has 1 aliphatic carbocycles. The molecule has 2 aromatic carbocycles. The van der Waals surface area contributed by atoms with Crippen LogP contribution in [0.15, 0.2) is 36.4 Å². The first-order valence-electron chi connectivity index (χ1n) is 11.2. The molecule has 2 atom stereocenters. The molecular weight excluding hydrogens is 336 g/mol. The third kappa shape index (κ3) is 3.80. The van der Waals surface area contributed by atoms with Crippen LogP contribution in [-0.4, -0.2) is 0 Å². The summed E-state index contributed by atoms with van der Waals surface area (Å²) in [6.07, 6.45) is 2.49. The Kier molecular flexibility index (Phi) is 5.56. The van der Waals surface area contributed by atoms with Crippen LogP contribution < -0.4 is 0 Å². The van der Waals surface area contributed by atoms with Crippen molar-refractivity contribution in [3.05, 3.63) is 69.8 Å². The first kappa shape index (κ1) is 21.2. The molecule has 0 aromatic heterocycles. The van der Waals surface area contributed by atoms with Crippen molar-refractivity contribution in [1.29, 1.82) is 0 Å². The lowest BCUT2D eigenvalue weighted by atomic mass is 9.72. The zero-order valence-corrected chi connectivity index (χ0v) is 19.6. The van der Waals surface area contributed by atoms with Gasteiger partial charge in [0.25, 0.3) is 0 Å². The van der Waals surface area contributed by atoms with Crippen LogP contribution in [0.1, 0.15) is 112 Å². The SMILES string of the molecule is Cc1cc(C)cc([C@]2(C)CC(c3c(C(C)C)cccc3C(C)C)C(C)(C)C2)c1. The molecule has 0 bridgehead atoms. The average Bonchev–Trinajstić information content (AvgIpc) is 2.83. The van der Waals surface area contributed by atoms with Crippen LogP contribution >= 0.6 is 0 Å². The monoisotopic (exact) mass is 376 g/mol. The summed E-state index contributed by atoms with van der Waals surface area (Å²) in [5.74, 6) is 1.74. The number of hydrogen-bond donors (Lipinski definition) is 0. The largest absolute Gasteiger partial charge is 0.0617 e. The minimum atomic E-state index is 0.239. The van der Waals surface area contributed by atoms with E-state index in [0.29, 0.717) is 23.2 Å². The van der Waals surface area contributed by atoms with E-state index >= 15 is 0 Å². The van der Waals surface area contributed by atoms with Crippen molar-refractivity contribution >= 4 is 0 Å². The quantitative estimate of drug-likeness (QED) is 0.502. The second kappa shape index (κ2) is 7.36. The van der Waals surface area contributed by atoms with Gasteiger partial charge in [-0.25, -0.2) is 0 Å². The highest BCUT2D eigenvalue weighted by Crippen LogP contribution is 2.60. The molecule has 1 saturated carbocycles. The highest BCUT2D eigenvalue weighted by molar-refractivity contribution is 5.45. The summed E-state index contributed by atoms with van der Waals surface area (Å²) in [5, 5.41) is 0. The molecule has 0 heterocycles. The Morgan fingerprint density at radius 2 is 1.32 bits per heavy atom. The van der Waals surface area contributed by atoms with E-state index < -0.39 is 0 Å². The second-order valence-corrected chi connectivity index (χ2v) is 11.0. The Hall–Kier alpha value is -1.56. The number of rotatable bonds is 4. The van der Waals surface area contributed by atoms with Gasteiger partial charge in [-0.15, -0.1) is 0 Å². The van der Waals surface area contributed by atoms with Crippen LogP contribution in [0.25, 0.3) is 0 Å². The zero-order chi connectivity index (χ0) is 20.9. The van der Waals surface area contributed by atoms with Crippen LogP contribution in [0.4, 0.5) is 0 Å². The fourth-order valence-corrected chi connectivity index (χ4v) is 5.97. The molecule has 1 unspecified atom stereocenters. The van der Waals surface area contributed by atoms with Crippen LogP contribution in [0.2, 0.25) is 0 Å². The van der Waals surface area contributed by atoms with Crippen molar-refractivity contribution in [2.75, 3.05) is 0 Å². The molecule has 1 fully saturated rings. The lowest BCUT2D eigenvalue weighted by molar-refractivity contribution is 0.314. The summed E-state index contributed by atoms with van der Waals surface area (Å²) in [6.45, 7) is 21.4. The van der Waals surface area contributed by atoms with E-state index in [1.165, 1.54) is 29.5 Å². The first-order chi connectivity index (χ1) is 12.9. The van der Waals surface area contributed by atoms with Gasteiger partial charge in [-0.1, -0.05) is 96.0 Å². The smallest absolute Gasteiger partial charge is 0.00638 e. The predicted molar refractivity (Wildman–Crippen MR) is 124 cm³/mol. The Labute approximate surface area is 173 Å². The molecule has 28 heavy (non-hydrogen) atoms. The van der Waals surface area contributed by atoms with Gasteiger partial charge in [-0.2, -0.15) is 0 Å². The lowest BCUT2D eigenvalue weighted by Gasteiger charge is -2.33. The highest BCUT2D eigenvalue weighted by atomic mass is 14.5. The van der Waals surface area contributed by atoms with Crippen molar-refractivity contribution in [3.63, 3.8) is 0 Å². The molecule has 0 amide bonds. The topological polar surface area (TPSA) is 0 Å². The Morgan fingerprint density at radius 1 is 0.821 bits per heavy atom. The standard InChI is InChI=1S/C28H40/c1-18(2)23-11-10-12-24(19(3)4)26(23)25-16-28(9,17-27(25,7)8)22-14-20(5)13-21(6)15-22/h10-15,18-19,25H,16-17H2,1-9H3/t25?,28-/m1/s1. The van der Waals surface area contributed by atoms with Gasteiger partial charge in [0.15, 0.2) is 0 Å². The molecule has 1 aliphatic rings. The molecule has 0 saturated heterocycles. The average molecular weight is 377 g/mol. The molecule has 152 valence electrons. The van der Waals surface area contributed by atoms with Gasteiger partial charge in [0, 0.05) is 0 Å². The van der Waals surface area contributed by atoms with Crippen LogP contribution in [-0.2, 0) is 5.41 Å². The first-order valence-corrected chi connectivity index (χ1v) is 11.2. The zero-order valence-electron chi connectivity index (χ0n) is 19.6. The summed E-state index contributed by atoms with van der Waals surface area (Å²) in [6, 6.07) is 14.2. The highest BCUT2D eigenvalue weighted by Gasteiger charge is 2.49. The van der Waals surface area contributed by atoms with E-state index in [2.05, 4.69) is 98.7 Å². The van der Waals surface area contributed by atoms with Gasteiger partial charge in [0.1, 0.15) is 0 Å². The summed E-state index contributed by atoms with van der Waals surface area (Å²) in [7, 11) is 0. The van der Waals surface area contributed by atoms with Crippen molar-refractivity contribution in [3.8, 4) is 0 Å². The van der Waals surface area contributed by atoms with Crippen LogP contribution in [0, 0.1) is 19.3 Å². The van der Waals surface area contributed by atoms with E-state index in [-0.39, 0.29) is 5.41 Å². The molecule has 0 aliphatic heterocycles. The van der Waals surface area contributed by atoms with E-state index in [4.69, 9.17) is 0 Å². The molecule has 0 spiro atoms. The fourth-order valence-electron chi connectivity index (χ4n) is 5.97. The van der Waals surface area contributed by atoms with Crippen LogP contribution in [0.3, 0.4) is 0 Å². The van der Waals surface area contributed by atoms with Crippen molar-refractivity contribution in [2.24, 2.45) is 5.41 Å². The summed E-state index contributed by atoms with van der Waals surface area (Å²) in [4.78, 5) is 0. The number of aryl methyl sites for hydroxylation is 2. The maximum absolute atomic E-state index is 2.51. The molecule has 0 radical (unpaired) electrons. The van der Waals surface area contributed by atoms with Gasteiger partial charge in [0.2, 0.25) is 0 Å². The molecule has 0 nitrogen and oxygen atoms in total. The molecule has 0 heteroatoms. The fraction of sp³-hybridized carbons (Fsp3) is 0.571. The Morgan fingerprint density at radius 3 is 1.79 bits per heavy atom. The maximum atomic E-state index is 2.51. The van der Waals surface area contributed by atoms with Gasteiger partial charge in [-0.3, -0.25) is 0 Å². The lowest BCUT2D eigenvalue weighted by Crippen LogP contribution is -2.20. The van der Waals surface area contributed by atoms with E-state index in [0.717, 1.165) is 0 Å². The van der Waals surface area contributed by atoms with Gasteiger partial charge < -0.3 is 0 Å². The van der Waals surface area contributed by atoms with E-state index in [1.54, 1.807) is 16.7 Å². The third-order valence-corrected chi connectivity index (χ3v) is 7.13. The van der Waals surface area contributed by atoms with E-state index in [9.17, 15) is 0 Å². The van der Waals surface area contributed by atoms with Crippen molar-refractivity contribution in [2.45, 2.75) is 98.3 Å². The van der Waals surface area contributed by atoms with Gasteiger partial charge in [-0.05, 0) is 77.5 Å². The van der Waals surface area contributed by atoms with Gasteiger partial charge >= 0.3 is 0 Å². The van der Waals surface area contributed by atoms with Crippen LogP contribution in [0.5, 0.6) is 0 Å². The molecule has 0 N–H and O–H groups in total. The van der Waals surface area contributed by atoms with Gasteiger partial charge in [0.05, 0.1) is 0 Å². The number of hydrogen-bond acceptors (Lipinski definition) is 0. The molecular formula is C28H40. The summed E-state index contributed by atoms with van der Waals surface area (Å²) in [5.41, 5.74) is 9.64. The van der Waals surface area contributed by atoms with E-state index in [1.807, 2.05) is 0 Å². The Balaban J connectivity index is 2.14. The predicted octanol–water partition coefficient (Wildman–Crippen LogP) is 8.41. The minimum Gasteiger partial charge on any atom is -0.0617 e. The third-order valence-electron chi connectivity index (χ3n) is 7.13. The Bertz CT molecular complexity index is 806. The number of benzene rings is 2. The summed E-state index contributed by atoms with van der Waals surface area (Å²) < 4.78 is 0. The normalized spacial score (nSPS) is 24.3. The summed E-state index contributed by atoms with van der Waals surface area (Å²) >= 11 is 0. The minimum absolute atomic E-state index is 0.239. The van der Waals surface area contributed by atoms with Crippen molar-refractivity contribution in [1.82, 2.24) is 0 Å². The maximum Gasteiger partial charge on any atom is -0.00638 e. The molecule has 3 rings (SSSR count). The molecule has 2 aromatic rings. The second-order valence-electron chi connectivity index (χ2n) is 11.0. The van der Waals surface area contributed by atoms with Crippen molar-refractivity contribution < 1.29 is 0 Å².